The zero-order valence-electron chi connectivity index (χ0n) is 14.1. The molecule has 140 valence electrons. The van der Waals surface area contributed by atoms with Crippen molar-refractivity contribution in [3.63, 3.8) is 0 Å². The number of carbonyl (C=O) groups is 2. The lowest BCUT2D eigenvalue weighted by Crippen LogP contribution is -2.59. The number of rotatable bonds is 4. The highest BCUT2D eigenvalue weighted by Crippen LogP contribution is 2.33. The van der Waals surface area contributed by atoms with Gasteiger partial charge in [-0.3, -0.25) is 9.59 Å². The van der Waals surface area contributed by atoms with Crippen molar-refractivity contribution in [3.05, 3.63) is 34.3 Å². The summed E-state index contributed by atoms with van der Waals surface area (Å²) in [5.74, 6) is -0.790. The molecule has 26 heavy (non-hydrogen) atoms. The fourth-order valence-electron chi connectivity index (χ4n) is 2.85. The van der Waals surface area contributed by atoms with Crippen LogP contribution in [0.3, 0.4) is 0 Å². The second-order valence-electron chi connectivity index (χ2n) is 5.93. The van der Waals surface area contributed by atoms with E-state index >= 15 is 0 Å². The molecule has 2 aliphatic rings. The number of aliphatic hydroxyl groups excluding tert-OH is 1. The molecule has 0 spiro atoms. The Kier molecular flexibility index (Phi) is 5.59. The van der Waals surface area contributed by atoms with Gasteiger partial charge in [0, 0.05) is 18.3 Å². The topological polar surface area (TPSA) is 104 Å². The van der Waals surface area contributed by atoms with Crippen LogP contribution in [-0.4, -0.2) is 60.2 Å². The molecule has 1 aromatic rings. The molecule has 0 aliphatic carbocycles. The smallest absolute Gasteiger partial charge is 0.303 e. The molecule has 1 fully saturated rings. The van der Waals surface area contributed by atoms with E-state index in [0.29, 0.717) is 11.5 Å². The Morgan fingerprint density at radius 3 is 2.65 bits per heavy atom. The monoisotopic (exact) mass is 427 g/mol. The fraction of sp³-hybridized carbons (Fsp3) is 0.471. The van der Waals surface area contributed by atoms with E-state index in [4.69, 9.17) is 18.9 Å². The number of halogens is 1. The summed E-state index contributed by atoms with van der Waals surface area (Å²) in [5.41, 5.74) is 0.707. The summed E-state index contributed by atoms with van der Waals surface area (Å²) >= 11 is 3.43. The van der Waals surface area contributed by atoms with Gasteiger partial charge in [-0.05, 0) is 28.1 Å². The Balaban J connectivity index is 1.83. The zero-order chi connectivity index (χ0) is 18.8. The highest BCUT2D eigenvalue weighted by molar-refractivity contribution is 9.10. The van der Waals surface area contributed by atoms with Crippen LogP contribution in [0, 0.1) is 0 Å². The molecule has 5 atom stereocenters. The van der Waals surface area contributed by atoms with Gasteiger partial charge in [-0.25, -0.2) is 4.99 Å². The van der Waals surface area contributed by atoms with Crippen LogP contribution in [0.2, 0.25) is 0 Å². The highest BCUT2D eigenvalue weighted by atomic mass is 79.9. The number of fused-ring (bicyclic) bond motifs is 1. The van der Waals surface area contributed by atoms with Crippen LogP contribution in [0.4, 0.5) is 0 Å². The van der Waals surface area contributed by atoms with Crippen LogP contribution in [0.1, 0.15) is 19.4 Å². The summed E-state index contributed by atoms with van der Waals surface area (Å²) in [6.45, 7) is 2.30. The summed E-state index contributed by atoms with van der Waals surface area (Å²) in [6.07, 6.45) is -4.73. The lowest BCUT2D eigenvalue weighted by molar-refractivity contribution is -0.228. The minimum Gasteiger partial charge on any atom is -0.466 e. The van der Waals surface area contributed by atoms with Crippen molar-refractivity contribution in [2.24, 2.45) is 4.99 Å². The first kappa shape index (κ1) is 18.8. The highest BCUT2D eigenvalue weighted by Gasteiger charge is 2.52. The van der Waals surface area contributed by atoms with Crippen molar-refractivity contribution in [2.45, 2.75) is 44.5 Å². The van der Waals surface area contributed by atoms with Gasteiger partial charge in [0.2, 0.25) is 5.90 Å². The minimum absolute atomic E-state index is 0.173. The molecule has 0 bridgehead atoms. The van der Waals surface area contributed by atoms with Gasteiger partial charge in [-0.15, -0.1) is 0 Å². The second kappa shape index (κ2) is 7.73. The van der Waals surface area contributed by atoms with Crippen LogP contribution in [-0.2, 0) is 28.5 Å². The quantitative estimate of drug-likeness (QED) is 0.719. The Morgan fingerprint density at radius 1 is 1.27 bits per heavy atom. The Bertz CT molecular complexity index is 738. The fourth-order valence-corrected chi connectivity index (χ4v) is 3.31. The number of aliphatic hydroxyl groups is 1. The standard InChI is InChI=1S/C17H18BrNO7/c1-8(20)23-7-12-14(24-9(2)21)13(22)15-17(25-12)19-16(26-15)10-5-3-4-6-11(10)18/h3-6,12-15,17,22H,7H2,1-2H3/t12-,13+,14-,15-,17+/m1/s1. The predicted octanol–water partition coefficient (Wildman–Crippen LogP) is 1.18. The van der Waals surface area contributed by atoms with E-state index in [9.17, 15) is 14.7 Å². The maximum atomic E-state index is 11.4. The third-order valence-corrected chi connectivity index (χ3v) is 4.68. The van der Waals surface area contributed by atoms with Crippen molar-refractivity contribution in [1.29, 1.82) is 0 Å². The zero-order valence-corrected chi connectivity index (χ0v) is 15.7. The molecule has 9 heteroatoms. The van der Waals surface area contributed by atoms with Crippen LogP contribution in [0.25, 0.3) is 0 Å². The Labute approximate surface area is 158 Å². The molecule has 1 N–H and O–H groups in total. The van der Waals surface area contributed by atoms with E-state index in [1.807, 2.05) is 24.3 Å². The molecular weight excluding hydrogens is 410 g/mol. The van der Waals surface area contributed by atoms with Crippen molar-refractivity contribution < 1.29 is 33.6 Å². The van der Waals surface area contributed by atoms with E-state index in [1.54, 1.807) is 0 Å². The van der Waals surface area contributed by atoms with Gasteiger partial charge in [-0.1, -0.05) is 12.1 Å². The van der Waals surface area contributed by atoms with Gasteiger partial charge in [0.25, 0.3) is 0 Å². The summed E-state index contributed by atoms with van der Waals surface area (Å²) in [4.78, 5) is 26.9. The van der Waals surface area contributed by atoms with Gasteiger partial charge < -0.3 is 24.1 Å². The number of carbonyl (C=O) groups excluding carboxylic acids is 2. The molecule has 0 unspecified atom stereocenters. The first-order valence-corrected chi connectivity index (χ1v) is 8.79. The molecular formula is C17H18BrNO7. The van der Waals surface area contributed by atoms with E-state index in [0.717, 1.165) is 4.47 Å². The van der Waals surface area contributed by atoms with Crippen molar-refractivity contribution in [2.75, 3.05) is 6.61 Å². The number of aliphatic imine (C=N–C) groups is 1. The SMILES string of the molecule is CC(=O)OC[C@H]1O[C@@H]2N=C(c3ccccc3Br)O[C@@H]2[C@@H](O)[C@@H]1OC(C)=O. The van der Waals surface area contributed by atoms with Crippen LogP contribution in [0.5, 0.6) is 0 Å². The lowest BCUT2D eigenvalue weighted by atomic mass is 9.98. The number of nitrogens with zero attached hydrogens (tertiary/aromatic N) is 1. The number of esters is 2. The van der Waals surface area contributed by atoms with E-state index in [2.05, 4.69) is 20.9 Å². The van der Waals surface area contributed by atoms with E-state index in [-0.39, 0.29) is 6.61 Å². The molecule has 3 rings (SSSR count). The number of hydrogen-bond donors (Lipinski definition) is 1. The van der Waals surface area contributed by atoms with E-state index < -0.39 is 42.6 Å². The van der Waals surface area contributed by atoms with Crippen LogP contribution < -0.4 is 0 Å². The first-order chi connectivity index (χ1) is 12.4. The molecule has 1 aromatic carbocycles. The van der Waals surface area contributed by atoms with E-state index in [1.165, 1.54) is 13.8 Å². The molecule has 0 saturated carbocycles. The summed E-state index contributed by atoms with van der Waals surface area (Å²) in [5, 5.41) is 10.6. The second-order valence-corrected chi connectivity index (χ2v) is 6.78. The maximum absolute atomic E-state index is 11.4. The number of benzene rings is 1. The summed E-state index contributed by atoms with van der Waals surface area (Å²) in [7, 11) is 0. The predicted molar refractivity (Wildman–Crippen MR) is 92.4 cm³/mol. The minimum atomic E-state index is -1.19. The first-order valence-electron chi connectivity index (χ1n) is 8.00. The average molecular weight is 428 g/mol. The van der Waals surface area contributed by atoms with Crippen LogP contribution in [0.15, 0.2) is 33.7 Å². The third kappa shape index (κ3) is 3.89. The van der Waals surface area contributed by atoms with Crippen molar-refractivity contribution >= 4 is 33.8 Å². The van der Waals surface area contributed by atoms with Crippen molar-refractivity contribution in [3.8, 4) is 0 Å². The number of ether oxygens (including phenoxy) is 4. The maximum Gasteiger partial charge on any atom is 0.303 e. The van der Waals surface area contributed by atoms with Gasteiger partial charge >= 0.3 is 11.9 Å². The lowest BCUT2D eigenvalue weighted by Gasteiger charge is -2.39. The average Bonchev–Trinajstić information content (AvgIpc) is 3.00. The molecule has 2 heterocycles. The molecule has 8 nitrogen and oxygen atoms in total. The largest absolute Gasteiger partial charge is 0.466 e. The number of hydrogen-bond acceptors (Lipinski definition) is 8. The van der Waals surface area contributed by atoms with Crippen molar-refractivity contribution in [1.82, 2.24) is 0 Å². The van der Waals surface area contributed by atoms with Gasteiger partial charge in [0.1, 0.15) is 18.8 Å². The molecule has 0 amide bonds. The summed E-state index contributed by atoms with van der Waals surface area (Å²) in [6, 6.07) is 7.34. The van der Waals surface area contributed by atoms with Gasteiger partial charge in [0.15, 0.2) is 18.4 Å². The molecule has 0 aromatic heterocycles. The molecule has 1 saturated heterocycles. The Hall–Kier alpha value is -1.97. The van der Waals surface area contributed by atoms with Gasteiger partial charge in [-0.2, -0.15) is 0 Å². The normalized spacial score (nSPS) is 30.0. The Morgan fingerprint density at radius 2 is 2.00 bits per heavy atom. The molecule has 0 radical (unpaired) electrons. The summed E-state index contributed by atoms with van der Waals surface area (Å²) < 4.78 is 22.5. The van der Waals surface area contributed by atoms with Gasteiger partial charge in [0.05, 0.1) is 5.56 Å². The van der Waals surface area contributed by atoms with Crippen LogP contribution >= 0.6 is 15.9 Å². The third-order valence-electron chi connectivity index (χ3n) is 3.98. The molecule has 2 aliphatic heterocycles.